The largest absolute Gasteiger partial charge is 0.383 e. The highest BCUT2D eigenvalue weighted by atomic mass is 79.9. The fourth-order valence-corrected chi connectivity index (χ4v) is 2.73. The van der Waals surface area contributed by atoms with Gasteiger partial charge in [-0.2, -0.15) is 5.26 Å². The summed E-state index contributed by atoms with van der Waals surface area (Å²) in [5.41, 5.74) is 9.55. The Kier molecular flexibility index (Phi) is 3.86. The van der Waals surface area contributed by atoms with Crippen molar-refractivity contribution in [2.75, 3.05) is 5.73 Å². The lowest BCUT2D eigenvalue weighted by Crippen LogP contribution is -2.00. The minimum absolute atomic E-state index is 0.217. The van der Waals surface area contributed by atoms with Crippen molar-refractivity contribution < 1.29 is 0 Å². The lowest BCUT2D eigenvalue weighted by atomic mass is 10.00. The number of nitrogens with two attached hydrogens (primary N) is 1. The number of hydrogen-bond donors (Lipinski definition) is 1. The van der Waals surface area contributed by atoms with Crippen LogP contribution in [-0.2, 0) is 0 Å². The molecule has 0 aliphatic carbocycles. The average Bonchev–Trinajstić information content (AvgIpc) is 2.55. The van der Waals surface area contributed by atoms with Gasteiger partial charge in [-0.05, 0) is 18.2 Å². The van der Waals surface area contributed by atoms with E-state index in [0.717, 1.165) is 21.2 Å². The minimum Gasteiger partial charge on any atom is -0.383 e. The van der Waals surface area contributed by atoms with Crippen LogP contribution in [0.15, 0.2) is 59.3 Å². The number of aromatic nitrogens is 2. The quantitative estimate of drug-likeness (QED) is 0.756. The molecule has 106 valence electrons. The second kappa shape index (κ2) is 5.96. The number of nitriles is 1. The molecule has 0 unspecified atom stereocenters. The lowest BCUT2D eigenvalue weighted by Gasteiger charge is -2.10. The zero-order valence-electron chi connectivity index (χ0n) is 11.5. The molecular formula is C17H11BrN4. The summed E-state index contributed by atoms with van der Waals surface area (Å²) in [6.07, 6.45) is 3.40. The molecule has 1 aromatic carbocycles. The maximum Gasteiger partial charge on any atom is 0.142 e. The third-order valence-corrected chi connectivity index (χ3v) is 3.97. The van der Waals surface area contributed by atoms with E-state index >= 15 is 0 Å². The zero-order chi connectivity index (χ0) is 15.5. The molecule has 22 heavy (non-hydrogen) atoms. The standard InChI is InChI=1S/C17H11BrN4/c18-15-6-2-1-5-12(15)16-8-13(11-4-3-7-21-10-11)14(9-19)17(20)22-16/h1-8,10H,(H2,20,22). The van der Waals surface area contributed by atoms with E-state index < -0.39 is 0 Å². The molecule has 0 fully saturated rings. The van der Waals surface area contributed by atoms with Crippen LogP contribution >= 0.6 is 15.9 Å². The van der Waals surface area contributed by atoms with Crippen LogP contribution in [0.4, 0.5) is 5.82 Å². The summed E-state index contributed by atoms with van der Waals surface area (Å²) in [7, 11) is 0. The number of halogens is 1. The molecule has 0 amide bonds. The van der Waals surface area contributed by atoms with Gasteiger partial charge in [0.15, 0.2) is 0 Å². The van der Waals surface area contributed by atoms with Gasteiger partial charge < -0.3 is 5.73 Å². The lowest BCUT2D eigenvalue weighted by molar-refractivity contribution is 1.29. The Balaban J connectivity index is 2.27. The van der Waals surface area contributed by atoms with Gasteiger partial charge in [-0.15, -0.1) is 0 Å². The Morgan fingerprint density at radius 3 is 2.59 bits per heavy atom. The monoisotopic (exact) mass is 350 g/mol. The van der Waals surface area contributed by atoms with Gasteiger partial charge in [0, 0.05) is 33.6 Å². The van der Waals surface area contributed by atoms with Crippen LogP contribution in [0, 0.1) is 11.3 Å². The van der Waals surface area contributed by atoms with Gasteiger partial charge in [-0.3, -0.25) is 4.98 Å². The molecule has 2 aromatic heterocycles. The summed E-state index contributed by atoms with van der Waals surface area (Å²) in [6, 6.07) is 15.5. The number of hydrogen-bond acceptors (Lipinski definition) is 4. The number of benzene rings is 1. The predicted octanol–water partition coefficient (Wildman–Crippen LogP) is 4.03. The van der Waals surface area contributed by atoms with Gasteiger partial charge in [0.1, 0.15) is 17.5 Å². The minimum atomic E-state index is 0.217. The SMILES string of the molecule is N#Cc1c(-c2cccnc2)cc(-c2ccccc2Br)nc1N. The van der Waals surface area contributed by atoms with Crippen molar-refractivity contribution in [3.8, 4) is 28.5 Å². The molecule has 0 radical (unpaired) electrons. The summed E-state index contributed by atoms with van der Waals surface area (Å²) >= 11 is 3.52. The van der Waals surface area contributed by atoms with Gasteiger partial charge in [0.25, 0.3) is 0 Å². The Labute approximate surface area is 136 Å². The smallest absolute Gasteiger partial charge is 0.142 e. The molecule has 3 rings (SSSR count). The van der Waals surface area contributed by atoms with Crippen LogP contribution in [-0.4, -0.2) is 9.97 Å². The third-order valence-electron chi connectivity index (χ3n) is 3.28. The molecule has 0 spiro atoms. The Morgan fingerprint density at radius 2 is 1.91 bits per heavy atom. The fraction of sp³-hybridized carbons (Fsp3) is 0. The first-order valence-corrected chi connectivity index (χ1v) is 7.36. The highest BCUT2D eigenvalue weighted by Gasteiger charge is 2.14. The molecule has 0 aliphatic rings. The van der Waals surface area contributed by atoms with Crippen molar-refractivity contribution >= 4 is 21.7 Å². The summed E-state index contributed by atoms with van der Waals surface area (Å²) in [6.45, 7) is 0. The van der Waals surface area contributed by atoms with Gasteiger partial charge in [0.05, 0.1) is 5.69 Å². The normalized spacial score (nSPS) is 10.2. The molecule has 0 saturated heterocycles. The summed E-state index contributed by atoms with van der Waals surface area (Å²) in [4.78, 5) is 8.47. The van der Waals surface area contributed by atoms with E-state index in [1.165, 1.54) is 0 Å². The van der Waals surface area contributed by atoms with E-state index in [1.807, 2.05) is 42.5 Å². The Bertz CT molecular complexity index is 870. The Morgan fingerprint density at radius 1 is 1.09 bits per heavy atom. The predicted molar refractivity (Wildman–Crippen MR) is 89.7 cm³/mol. The van der Waals surface area contributed by atoms with Crippen LogP contribution in [0.1, 0.15) is 5.56 Å². The summed E-state index contributed by atoms with van der Waals surface area (Å²) in [5.74, 6) is 0.217. The number of pyridine rings is 2. The molecule has 5 heteroatoms. The van der Waals surface area contributed by atoms with Gasteiger partial charge >= 0.3 is 0 Å². The van der Waals surface area contributed by atoms with Crippen LogP contribution < -0.4 is 5.73 Å². The number of rotatable bonds is 2. The molecule has 4 nitrogen and oxygen atoms in total. The molecule has 0 saturated carbocycles. The molecule has 0 aliphatic heterocycles. The highest BCUT2D eigenvalue weighted by Crippen LogP contribution is 2.33. The van der Waals surface area contributed by atoms with Crippen LogP contribution in [0.5, 0.6) is 0 Å². The van der Waals surface area contributed by atoms with Crippen molar-refractivity contribution in [2.24, 2.45) is 0 Å². The summed E-state index contributed by atoms with van der Waals surface area (Å²) < 4.78 is 0.920. The second-order valence-electron chi connectivity index (χ2n) is 4.65. The number of anilines is 1. The van der Waals surface area contributed by atoms with Crippen LogP contribution in [0.25, 0.3) is 22.4 Å². The maximum atomic E-state index is 9.38. The fourth-order valence-electron chi connectivity index (χ4n) is 2.24. The van der Waals surface area contributed by atoms with Gasteiger partial charge in [-0.1, -0.05) is 40.2 Å². The molecule has 2 N–H and O–H groups in total. The van der Waals surface area contributed by atoms with Crippen LogP contribution in [0.2, 0.25) is 0 Å². The van der Waals surface area contributed by atoms with Gasteiger partial charge in [0.2, 0.25) is 0 Å². The molecule has 2 heterocycles. The number of nitrogen functional groups attached to an aromatic ring is 1. The average molecular weight is 351 g/mol. The second-order valence-corrected chi connectivity index (χ2v) is 5.50. The zero-order valence-corrected chi connectivity index (χ0v) is 13.1. The van der Waals surface area contributed by atoms with Crippen molar-refractivity contribution in [1.29, 1.82) is 5.26 Å². The van der Waals surface area contributed by atoms with E-state index in [-0.39, 0.29) is 5.82 Å². The molecule has 0 bridgehead atoms. The van der Waals surface area contributed by atoms with Crippen molar-refractivity contribution in [3.05, 3.63) is 64.9 Å². The maximum absolute atomic E-state index is 9.38. The first-order chi connectivity index (χ1) is 10.7. The highest BCUT2D eigenvalue weighted by molar-refractivity contribution is 9.10. The topological polar surface area (TPSA) is 75.6 Å². The van der Waals surface area contributed by atoms with Crippen LogP contribution in [0.3, 0.4) is 0 Å². The molecule has 3 aromatic rings. The Hall–Kier alpha value is -2.71. The van der Waals surface area contributed by atoms with Crippen molar-refractivity contribution in [2.45, 2.75) is 0 Å². The van der Waals surface area contributed by atoms with E-state index in [9.17, 15) is 5.26 Å². The van der Waals surface area contributed by atoms with E-state index in [2.05, 4.69) is 32.0 Å². The van der Waals surface area contributed by atoms with Crippen molar-refractivity contribution in [1.82, 2.24) is 9.97 Å². The third kappa shape index (κ3) is 2.57. The van der Waals surface area contributed by atoms with Crippen molar-refractivity contribution in [3.63, 3.8) is 0 Å². The summed E-state index contributed by atoms with van der Waals surface area (Å²) in [5, 5.41) is 9.38. The number of nitrogens with zero attached hydrogens (tertiary/aromatic N) is 3. The van der Waals surface area contributed by atoms with Gasteiger partial charge in [-0.25, -0.2) is 4.98 Å². The van der Waals surface area contributed by atoms with E-state index in [0.29, 0.717) is 11.3 Å². The first-order valence-electron chi connectivity index (χ1n) is 6.56. The first kappa shape index (κ1) is 14.2. The molecular weight excluding hydrogens is 340 g/mol. The molecule has 0 atom stereocenters. The van der Waals surface area contributed by atoms with E-state index in [1.54, 1.807) is 12.4 Å². The van der Waals surface area contributed by atoms with E-state index in [4.69, 9.17) is 5.73 Å².